The minimum atomic E-state index is -0.0818. The van der Waals surface area contributed by atoms with Crippen LogP contribution >= 0.6 is 11.3 Å². The van der Waals surface area contributed by atoms with Crippen LogP contribution in [-0.2, 0) is 17.8 Å². The van der Waals surface area contributed by atoms with E-state index >= 15 is 0 Å². The van der Waals surface area contributed by atoms with Gasteiger partial charge in [0.2, 0.25) is 5.91 Å². The quantitative estimate of drug-likeness (QED) is 0.621. The van der Waals surface area contributed by atoms with Crippen LogP contribution < -0.4 is 4.80 Å². The fourth-order valence-corrected chi connectivity index (χ4v) is 3.91. The molecule has 0 fully saturated rings. The first-order valence-corrected chi connectivity index (χ1v) is 9.23. The summed E-state index contributed by atoms with van der Waals surface area (Å²) in [6.45, 7) is 8.69. The monoisotopic (exact) mass is 350 g/mol. The molecule has 0 saturated heterocycles. The van der Waals surface area contributed by atoms with E-state index < -0.39 is 0 Å². The molecule has 4 heteroatoms. The number of aryl methyl sites for hydroxylation is 3. The number of fused-ring (bicyclic) bond motifs is 1. The summed E-state index contributed by atoms with van der Waals surface area (Å²) < 4.78 is 3.22. The number of nitrogens with zero attached hydrogens (tertiary/aromatic N) is 2. The minimum Gasteiger partial charge on any atom is -0.312 e. The molecule has 25 heavy (non-hydrogen) atoms. The van der Waals surface area contributed by atoms with Gasteiger partial charge in [-0.25, -0.2) is 0 Å². The maximum absolute atomic E-state index is 12.4. The molecule has 3 aromatic rings. The Morgan fingerprint density at radius 2 is 1.92 bits per heavy atom. The summed E-state index contributed by atoms with van der Waals surface area (Å²) in [7, 11) is 0. The molecule has 3 rings (SSSR count). The van der Waals surface area contributed by atoms with Gasteiger partial charge < -0.3 is 4.57 Å². The van der Waals surface area contributed by atoms with E-state index in [9.17, 15) is 4.79 Å². The summed E-state index contributed by atoms with van der Waals surface area (Å²) >= 11 is 1.56. The average molecular weight is 350 g/mol. The molecule has 0 aliphatic rings. The molecule has 0 radical (unpaired) electrons. The molecule has 3 nitrogen and oxygen atoms in total. The third-order valence-corrected chi connectivity index (χ3v) is 5.34. The molecule has 0 aliphatic heterocycles. The van der Waals surface area contributed by atoms with Crippen molar-refractivity contribution in [1.29, 1.82) is 0 Å². The van der Waals surface area contributed by atoms with Gasteiger partial charge in [-0.3, -0.25) is 4.79 Å². The van der Waals surface area contributed by atoms with Crippen molar-refractivity contribution in [2.24, 2.45) is 4.99 Å². The molecule has 0 unspecified atom stereocenters. The van der Waals surface area contributed by atoms with Crippen LogP contribution in [0.4, 0.5) is 0 Å². The zero-order chi connectivity index (χ0) is 17.8. The summed E-state index contributed by atoms with van der Waals surface area (Å²) in [6, 6.07) is 14.4. The van der Waals surface area contributed by atoms with E-state index in [2.05, 4.69) is 42.1 Å². The number of rotatable bonds is 5. The number of hydrogen-bond donors (Lipinski definition) is 0. The molecular weight excluding hydrogens is 328 g/mol. The van der Waals surface area contributed by atoms with Crippen LogP contribution in [0.5, 0.6) is 0 Å². The van der Waals surface area contributed by atoms with Crippen LogP contribution in [0.25, 0.3) is 10.2 Å². The molecule has 0 bridgehead atoms. The lowest BCUT2D eigenvalue weighted by Gasteiger charge is -2.04. The van der Waals surface area contributed by atoms with Crippen molar-refractivity contribution in [3.8, 4) is 0 Å². The van der Waals surface area contributed by atoms with Crippen molar-refractivity contribution in [3.63, 3.8) is 0 Å². The zero-order valence-electron chi connectivity index (χ0n) is 14.7. The number of allylic oxidation sites excluding steroid dienone is 1. The molecule has 128 valence electrons. The van der Waals surface area contributed by atoms with E-state index in [0.717, 1.165) is 20.6 Å². The van der Waals surface area contributed by atoms with Crippen molar-refractivity contribution in [1.82, 2.24) is 4.57 Å². The number of aromatic nitrogens is 1. The first-order chi connectivity index (χ1) is 12.1. The Hall–Kier alpha value is -2.46. The molecule has 1 amide bonds. The Morgan fingerprint density at radius 1 is 1.20 bits per heavy atom. The molecule has 0 saturated carbocycles. The van der Waals surface area contributed by atoms with E-state index in [-0.39, 0.29) is 5.91 Å². The predicted molar refractivity (Wildman–Crippen MR) is 105 cm³/mol. The standard InChI is InChI=1S/C21H22N2OS/c1-4-12-23-18-13-15(2)16(3)14-19(18)25-21(23)22-20(24)11-10-17-8-6-5-7-9-17/h4-9,13-14H,1,10-12H2,2-3H3. The minimum absolute atomic E-state index is 0.0818. The van der Waals surface area contributed by atoms with E-state index in [0.29, 0.717) is 19.4 Å². The Kier molecular flexibility index (Phi) is 5.29. The Labute approximate surface area is 152 Å². The largest absolute Gasteiger partial charge is 0.312 e. The highest BCUT2D eigenvalue weighted by Crippen LogP contribution is 2.22. The molecule has 0 spiro atoms. The van der Waals surface area contributed by atoms with Gasteiger partial charge in [0.1, 0.15) is 0 Å². The molecule has 0 atom stereocenters. The van der Waals surface area contributed by atoms with Gasteiger partial charge in [0.05, 0.1) is 10.2 Å². The SMILES string of the molecule is C=CCn1c(=NC(=O)CCc2ccccc2)sc2cc(C)c(C)cc21. The lowest BCUT2D eigenvalue weighted by molar-refractivity contribution is -0.118. The summed E-state index contributed by atoms with van der Waals surface area (Å²) in [4.78, 5) is 17.5. The summed E-state index contributed by atoms with van der Waals surface area (Å²) in [6.07, 6.45) is 2.98. The maximum Gasteiger partial charge on any atom is 0.248 e. The summed E-state index contributed by atoms with van der Waals surface area (Å²) in [5, 5.41) is 0. The van der Waals surface area contributed by atoms with Gasteiger partial charge in [0.15, 0.2) is 4.80 Å². The fourth-order valence-electron chi connectivity index (χ4n) is 2.77. The third kappa shape index (κ3) is 3.97. The number of thiazole rings is 1. The smallest absolute Gasteiger partial charge is 0.248 e. The van der Waals surface area contributed by atoms with Gasteiger partial charge in [-0.1, -0.05) is 47.7 Å². The van der Waals surface area contributed by atoms with Gasteiger partial charge in [-0.2, -0.15) is 4.99 Å². The second-order valence-electron chi connectivity index (χ2n) is 6.18. The second kappa shape index (κ2) is 7.62. The van der Waals surface area contributed by atoms with Crippen molar-refractivity contribution >= 4 is 27.5 Å². The molecule has 0 aliphatic carbocycles. The van der Waals surface area contributed by atoms with Gasteiger partial charge in [0, 0.05) is 13.0 Å². The van der Waals surface area contributed by atoms with Gasteiger partial charge in [0.25, 0.3) is 0 Å². The average Bonchev–Trinajstić information content (AvgIpc) is 2.91. The number of carbonyl (C=O) groups is 1. The Balaban J connectivity index is 1.93. The number of carbonyl (C=O) groups excluding carboxylic acids is 1. The normalized spacial score (nSPS) is 11.8. The summed E-state index contributed by atoms with van der Waals surface area (Å²) in [5.74, 6) is -0.0818. The van der Waals surface area contributed by atoms with Crippen LogP contribution in [0.15, 0.2) is 60.1 Å². The highest BCUT2D eigenvalue weighted by atomic mass is 32.1. The van der Waals surface area contributed by atoms with Crippen molar-refractivity contribution in [2.45, 2.75) is 33.2 Å². The molecular formula is C21H22N2OS. The Morgan fingerprint density at radius 3 is 2.64 bits per heavy atom. The van der Waals surface area contributed by atoms with E-state index in [4.69, 9.17) is 0 Å². The molecule has 1 heterocycles. The Bertz CT molecular complexity index is 980. The number of hydrogen-bond acceptors (Lipinski definition) is 2. The van der Waals surface area contributed by atoms with E-state index in [1.807, 2.05) is 36.4 Å². The lowest BCUT2D eigenvalue weighted by Crippen LogP contribution is -2.16. The fraction of sp³-hybridized carbons (Fsp3) is 0.238. The maximum atomic E-state index is 12.4. The topological polar surface area (TPSA) is 34.4 Å². The number of amides is 1. The highest BCUT2D eigenvalue weighted by molar-refractivity contribution is 7.16. The zero-order valence-corrected chi connectivity index (χ0v) is 15.5. The van der Waals surface area contributed by atoms with Crippen LogP contribution in [0.2, 0.25) is 0 Å². The van der Waals surface area contributed by atoms with Crippen LogP contribution in [0, 0.1) is 13.8 Å². The molecule has 0 N–H and O–H groups in total. The molecule has 2 aromatic carbocycles. The summed E-state index contributed by atoms with van der Waals surface area (Å²) in [5.41, 5.74) is 4.77. The van der Waals surface area contributed by atoms with Gasteiger partial charge >= 0.3 is 0 Å². The predicted octanol–water partition coefficient (Wildman–Crippen LogP) is 4.57. The lowest BCUT2D eigenvalue weighted by atomic mass is 10.1. The van der Waals surface area contributed by atoms with Crippen molar-refractivity contribution in [3.05, 3.63) is 76.6 Å². The van der Waals surface area contributed by atoms with E-state index in [1.165, 1.54) is 11.1 Å². The van der Waals surface area contributed by atoms with Crippen molar-refractivity contribution in [2.75, 3.05) is 0 Å². The third-order valence-electron chi connectivity index (χ3n) is 4.30. The van der Waals surface area contributed by atoms with Crippen LogP contribution in [-0.4, -0.2) is 10.5 Å². The molecule has 1 aromatic heterocycles. The second-order valence-corrected chi connectivity index (χ2v) is 7.19. The highest BCUT2D eigenvalue weighted by Gasteiger charge is 2.09. The van der Waals surface area contributed by atoms with Crippen molar-refractivity contribution < 1.29 is 4.79 Å². The van der Waals surface area contributed by atoms with Gasteiger partial charge in [-0.05, 0) is 49.1 Å². The van der Waals surface area contributed by atoms with Crippen LogP contribution in [0.3, 0.4) is 0 Å². The van der Waals surface area contributed by atoms with E-state index in [1.54, 1.807) is 11.3 Å². The first kappa shape index (κ1) is 17.4. The first-order valence-electron chi connectivity index (χ1n) is 8.41. The number of benzene rings is 2. The van der Waals surface area contributed by atoms with Crippen LogP contribution in [0.1, 0.15) is 23.1 Å². The van der Waals surface area contributed by atoms with Gasteiger partial charge in [-0.15, -0.1) is 6.58 Å².